The molecule has 6 nitrogen and oxygen atoms in total. The summed E-state index contributed by atoms with van der Waals surface area (Å²) in [5.74, 6) is -1.05. The lowest BCUT2D eigenvalue weighted by molar-refractivity contribution is -0.166. The topological polar surface area (TPSA) is 78.9 Å². The lowest BCUT2D eigenvalue weighted by Gasteiger charge is -2.18. The summed E-state index contributed by atoms with van der Waals surface area (Å²) < 4.78 is 16.6. The average molecular weight is 938 g/mol. The normalized spacial score (nSPS) is 12.5. The Hall–Kier alpha value is -2.89. The molecular formula is C61H108O6. The van der Waals surface area contributed by atoms with Gasteiger partial charge in [0.05, 0.1) is 6.42 Å². The highest BCUT2D eigenvalue weighted by Gasteiger charge is 2.19. The van der Waals surface area contributed by atoms with Crippen LogP contribution in [0.5, 0.6) is 0 Å². The molecule has 0 amide bonds. The minimum absolute atomic E-state index is 0.100. The quantitative estimate of drug-likeness (QED) is 0.0262. The first-order valence-corrected chi connectivity index (χ1v) is 28.8. The number of carbonyl (C=O) groups is 3. The van der Waals surface area contributed by atoms with Crippen molar-refractivity contribution in [1.82, 2.24) is 0 Å². The first-order valence-electron chi connectivity index (χ1n) is 28.8. The molecule has 0 radical (unpaired) electrons. The number of rotatable bonds is 52. The third-order valence-corrected chi connectivity index (χ3v) is 12.6. The summed E-state index contributed by atoms with van der Waals surface area (Å²) in [6, 6.07) is 0. The Kier molecular flexibility index (Phi) is 53.3. The van der Waals surface area contributed by atoms with E-state index in [9.17, 15) is 14.4 Å². The van der Waals surface area contributed by atoms with Gasteiger partial charge in [0.25, 0.3) is 0 Å². The minimum atomic E-state index is -0.822. The molecule has 0 aliphatic rings. The van der Waals surface area contributed by atoms with Crippen molar-refractivity contribution in [2.45, 2.75) is 297 Å². The van der Waals surface area contributed by atoms with Gasteiger partial charge in [-0.25, -0.2) is 0 Å². The molecule has 0 N–H and O–H groups in total. The maximum Gasteiger partial charge on any atom is 0.310 e. The minimum Gasteiger partial charge on any atom is -0.462 e. The standard InChI is InChI=1S/C61H108O6/c1-4-7-10-13-15-17-19-21-23-24-25-26-27-28-29-30-31-32-33-34-35-36-38-39-41-43-45-48-51-54-60(63)66-57-58(56-65-59(62)53-50-47-12-9-6-3)67-61(64)55-52-49-46-44-42-40-37-22-20-18-16-14-11-8-5-2/h8,11,16,18,22,37,42,44,49,52,58H,4-7,9-10,12-15,17,19-21,23-36,38-41,43,45-48,50-51,53-57H2,1-3H3/b11-8-,18-16-,37-22-,44-42-,52-49-. The predicted octanol–water partition coefficient (Wildman–Crippen LogP) is 19.2. The third kappa shape index (κ3) is 53.9. The van der Waals surface area contributed by atoms with Gasteiger partial charge in [-0.05, 0) is 44.9 Å². The summed E-state index contributed by atoms with van der Waals surface area (Å²) in [7, 11) is 0. The molecule has 0 saturated carbocycles. The Morgan fingerprint density at radius 1 is 0.313 bits per heavy atom. The Balaban J connectivity index is 4.01. The van der Waals surface area contributed by atoms with Crippen molar-refractivity contribution in [1.29, 1.82) is 0 Å². The van der Waals surface area contributed by atoms with Gasteiger partial charge < -0.3 is 14.2 Å². The highest BCUT2D eigenvalue weighted by Crippen LogP contribution is 2.17. The van der Waals surface area contributed by atoms with E-state index in [1.54, 1.807) is 6.08 Å². The Morgan fingerprint density at radius 3 is 0.851 bits per heavy atom. The number of carbonyl (C=O) groups excluding carboxylic acids is 3. The average Bonchev–Trinajstić information content (AvgIpc) is 3.33. The second-order valence-electron chi connectivity index (χ2n) is 19.2. The van der Waals surface area contributed by atoms with Crippen LogP contribution in [-0.4, -0.2) is 37.2 Å². The maximum atomic E-state index is 12.7. The van der Waals surface area contributed by atoms with Crippen LogP contribution < -0.4 is 0 Å². The van der Waals surface area contributed by atoms with Gasteiger partial charge in [0, 0.05) is 12.8 Å². The molecule has 0 aromatic carbocycles. The van der Waals surface area contributed by atoms with Crippen molar-refractivity contribution in [3.63, 3.8) is 0 Å². The fourth-order valence-electron chi connectivity index (χ4n) is 8.28. The smallest absolute Gasteiger partial charge is 0.310 e. The van der Waals surface area contributed by atoms with Crippen LogP contribution in [0.3, 0.4) is 0 Å². The van der Waals surface area contributed by atoms with Crippen LogP contribution in [0.15, 0.2) is 60.8 Å². The molecule has 0 aromatic heterocycles. The molecule has 0 aromatic rings. The van der Waals surface area contributed by atoms with Crippen LogP contribution in [0.25, 0.3) is 0 Å². The lowest BCUT2D eigenvalue weighted by atomic mass is 10.0. The molecule has 0 rings (SSSR count). The molecule has 1 atom stereocenters. The zero-order chi connectivity index (χ0) is 48.6. The van der Waals surface area contributed by atoms with E-state index < -0.39 is 12.1 Å². The lowest BCUT2D eigenvalue weighted by Crippen LogP contribution is -2.30. The molecule has 1 unspecified atom stereocenters. The van der Waals surface area contributed by atoms with Crippen molar-refractivity contribution < 1.29 is 28.6 Å². The highest BCUT2D eigenvalue weighted by atomic mass is 16.6. The number of hydrogen-bond donors (Lipinski definition) is 0. The van der Waals surface area contributed by atoms with Crippen LogP contribution in [0.2, 0.25) is 0 Å². The van der Waals surface area contributed by atoms with Gasteiger partial charge in [0.15, 0.2) is 6.10 Å². The summed E-state index contributed by atoms with van der Waals surface area (Å²) in [5.41, 5.74) is 0. The van der Waals surface area contributed by atoms with E-state index in [0.29, 0.717) is 12.8 Å². The Morgan fingerprint density at radius 2 is 0.567 bits per heavy atom. The van der Waals surface area contributed by atoms with E-state index in [2.05, 4.69) is 69.4 Å². The number of unbranched alkanes of at least 4 members (excludes halogenated alkanes) is 32. The van der Waals surface area contributed by atoms with Crippen LogP contribution in [0.4, 0.5) is 0 Å². The Labute approximate surface area is 415 Å². The van der Waals surface area contributed by atoms with Crippen molar-refractivity contribution in [3.05, 3.63) is 60.8 Å². The van der Waals surface area contributed by atoms with Crippen molar-refractivity contribution in [2.75, 3.05) is 13.2 Å². The van der Waals surface area contributed by atoms with Crippen LogP contribution in [-0.2, 0) is 28.6 Å². The van der Waals surface area contributed by atoms with Gasteiger partial charge in [0.1, 0.15) is 13.2 Å². The van der Waals surface area contributed by atoms with Crippen LogP contribution in [0, 0.1) is 0 Å². The molecule has 0 saturated heterocycles. The largest absolute Gasteiger partial charge is 0.462 e. The number of ether oxygens (including phenoxy) is 3. The zero-order valence-corrected chi connectivity index (χ0v) is 44.4. The van der Waals surface area contributed by atoms with E-state index >= 15 is 0 Å². The van der Waals surface area contributed by atoms with E-state index in [1.807, 2.05) is 6.08 Å². The molecular weight excluding hydrogens is 829 g/mol. The van der Waals surface area contributed by atoms with Gasteiger partial charge in [-0.3, -0.25) is 14.4 Å². The van der Waals surface area contributed by atoms with E-state index in [0.717, 1.165) is 83.5 Å². The number of hydrogen-bond acceptors (Lipinski definition) is 6. The van der Waals surface area contributed by atoms with E-state index in [4.69, 9.17) is 14.2 Å². The fourth-order valence-corrected chi connectivity index (χ4v) is 8.28. The maximum absolute atomic E-state index is 12.7. The predicted molar refractivity (Wildman–Crippen MR) is 288 cm³/mol. The molecule has 0 aliphatic carbocycles. The SMILES string of the molecule is CC/C=C\C/C=C\C/C=C\C/C=C\C/C=C\CC(=O)OC(COC(=O)CCCCCCC)COC(=O)CCCCCCCCCCCCCCCCCCCCCCCCCCCCCCC. The van der Waals surface area contributed by atoms with E-state index in [1.165, 1.54) is 167 Å². The van der Waals surface area contributed by atoms with E-state index in [-0.39, 0.29) is 31.6 Å². The van der Waals surface area contributed by atoms with Gasteiger partial charge in [-0.15, -0.1) is 0 Å². The molecule has 0 aliphatic heterocycles. The zero-order valence-electron chi connectivity index (χ0n) is 44.4. The van der Waals surface area contributed by atoms with Gasteiger partial charge in [0.2, 0.25) is 0 Å². The third-order valence-electron chi connectivity index (χ3n) is 12.6. The summed E-state index contributed by atoms with van der Waals surface area (Å²) in [6.45, 7) is 6.38. The van der Waals surface area contributed by atoms with Crippen molar-refractivity contribution in [3.8, 4) is 0 Å². The first kappa shape index (κ1) is 64.1. The second-order valence-corrected chi connectivity index (χ2v) is 19.2. The fraction of sp³-hybridized carbons (Fsp3) is 0.787. The monoisotopic (exact) mass is 937 g/mol. The molecule has 0 heterocycles. The number of esters is 3. The van der Waals surface area contributed by atoms with Crippen LogP contribution >= 0.6 is 0 Å². The second kappa shape index (κ2) is 55.7. The van der Waals surface area contributed by atoms with Crippen molar-refractivity contribution in [2.24, 2.45) is 0 Å². The molecule has 388 valence electrons. The number of allylic oxidation sites excluding steroid dienone is 9. The van der Waals surface area contributed by atoms with Crippen LogP contribution in [0.1, 0.15) is 290 Å². The molecule has 0 bridgehead atoms. The first-order chi connectivity index (χ1) is 33.0. The highest BCUT2D eigenvalue weighted by molar-refractivity contribution is 5.72. The van der Waals surface area contributed by atoms with Crippen molar-refractivity contribution >= 4 is 17.9 Å². The Bertz CT molecular complexity index is 1210. The molecule has 6 heteroatoms. The molecule has 67 heavy (non-hydrogen) atoms. The summed E-state index contributed by atoms with van der Waals surface area (Å²) in [6.07, 6.45) is 70.3. The van der Waals surface area contributed by atoms with Gasteiger partial charge >= 0.3 is 17.9 Å². The van der Waals surface area contributed by atoms with Gasteiger partial charge in [-0.1, -0.05) is 287 Å². The molecule has 0 spiro atoms. The van der Waals surface area contributed by atoms with Gasteiger partial charge in [-0.2, -0.15) is 0 Å². The summed E-state index contributed by atoms with van der Waals surface area (Å²) >= 11 is 0. The summed E-state index contributed by atoms with van der Waals surface area (Å²) in [5, 5.41) is 0. The molecule has 0 fully saturated rings. The summed E-state index contributed by atoms with van der Waals surface area (Å²) in [4.78, 5) is 37.6.